The number of benzene rings is 2. The van der Waals surface area contributed by atoms with E-state index in [4.69, 9.17) is 9.15 Å². The van der Waals surface area contributed by atoms with Gasteiger partial charge < -0.3 is 19.4 Å². The van der Waals surface area contributed by atoms with E-state index in [2.05, 4.69) is 0 Å². The van der Waals surface area contributed by atoms with Crippen LogP contribution in [0.5, 0.6) is 11.5 Å². The first-order valence-corrected chi connectivity index (χ1v) is 10.7. The van der Waals surface area contributed by atoms with Crippen molar-refractivity contribution in [3.8, 4) is 11.5 Å². The number of phenolic OH excluding ortho intramolecular Hbond substituents is 1. The van der Waals surface area contributed by atoms with Crippen molar-refractivity contribution in [2.24, 2.45) is 5.92 Å². The van der Waals surface area contributed by atoms with E-state index in [1.54, 1.807) is 55.5 Å². The highest BCUT2D eigenvalue weighted by Gasteiger charge is 2.49. The van der Waals surface area contributed by atoms with Crippen molar-refractivity contribution in [1.29, 1.82) is 0 Å². The first kappa shape index (κ1) is 22.2. The highest BCUT2D eigenvalue weighted by Crippen LogP contribution is 2.45. The largest absolute Gasteiger partial charge is 0.507 e. The number of phenols is 1. The van der Waals surface area contributed by atoms with Gasteiger partial charge in [-0.05, 0) is 61.4 Å². The number of carbonyl (C=O) groups excluding carboxylic acids is 2. The molecule has 0 aliphatic carbocycles. The first-order valence-electron chi connectivity index (χ1n) is 10.7. The highest BCUT2D eigenvalue weighted by molar-refractivity contribution is 6.51. The van der Waals surface area contributed by atoms with Gasteiger partial charge in [0.05, 0.1) is 17.9 Å². The van der Waals surface area contributed by atoms with E-state index in [9.17, 15) is 19.8 Å². The van der Waals surface area contributed by atoms with Gasteiger partial charge in [0, 0.05) is 5.56 Å². The number of amides is 1. The zero-order chi connectivity index (χ0) is 23.7. The fourth-order valence-electron chi connectivity index (χ4n) is 3.75. The van der Waals surface area contributed by atoms with E-state index in [0.29, 0.717) is 35.4 Å². The number of aromatic hydroxyl groups is 1. The molecule has 2 heterocycles. The molecule has 1 amide bonds. The van der Waals surface area contributed by atoms with Crippen molar-refractivity contribution in [3.05, 3.63) is 83.3 Å². The van der Waals surface area contributed by atoms with Crippen LogP contribution in [0.2, 0.25) is 0 Å². The molecule has 1 aliphatic heterocycles. The molecule has 7 heteroatoms. The summed E-state index contributed by atoms with van der Waals surface area (Å²) in [5.41, 5.74) is 0.388. The van der Waals surface area contributed by atoms with Crippen molar-refractivity contribution in [3.63, 3.8) is 0 Å². The topological polar surface area (TPSA) is 100 Å². The number of nitrogens with zero attached hydrogens (tertiary/aromatic N) is 1. The number of Topliss-reactive ketones (excluding diaryl/α,β-unsaturated/α-hetero) is 1. The standard InChI is InChI=1S/C26H25NO6/c1-15(2)14-32-18-11-9-17(10-12-18)24(29)22-23(21-13-8-16(3)33-21)27(26(31)25(22)30)19-6-4-5-7-20(19)28/h4-13,15,23,28-29H,14H2,1-3H3/b24-22-. The predicted octanol–water partition coefficient (Wildman–Crippen LogP) is 4.95. The maximum atomic E-state index is 13.1. The molecule has 1 fully saturated rings. The Labute approximate surface area is 191 Å². The van der Waals surface area contributed by atoms with E-state index < -0.39 is 17.7 Å². The molecule has 33 heavy (non-hydrogen) atoms. The second-order valence-corrected chi connectivity index (χ2v) is 8.34. The summed E-state index contributed by atoms with van der Waals surface area (Å²) in [4.78, 5) is 27.3. The van der Waals surface area contributed by atoms with Crippen molar-refractivity contribution < 1.29 is 29.0 Å². The summed E-state index contributed by atoms with van der Waals surface area (Å²) in [6.45, 7) is 6.38. The normalized spacial score (nSPS) is 17.7. The summed E-state index contributed by atoms with van der Waals surface area (Å²) < 4.78 is 11.4. The molecule has 0 radical (unpaired) electrons. The van der Waals surface area contributed by atoms with Gasteiger partial charge in [-0.2, -0.15) is 0 Å². The molecule has 2 N–H and O–H groups in total. The Morgan fingerprint density at radius 1 is 1.06 bits per heavy atom. The Balaban J connectivity index is 1.81. The van der Waals surface area contributed by atoms with E-state index in [0.717, 1.165) is 4.90 Å². The average Bonchev–Trinajstić information content (AvgIpc) is 3.33. The second kappa shape index (κ2) is 8.86. The van der Waals surface area contributed by atoms with Crippen LogP contribution < -0.4 is 9.64 Å². The number of aryl methyl sites for hydroxylation is 1. The highest BCUT2D eigenvalue weighted by atomic mass is 16.5. The average molecular weight is 447 g/mol. The Bertz CT molecular complexity index is 1220. The lowest BCUT2D eigenvalue weighted by Crippen LogP contribution is -2.29. The van der Waals surface area contributed by atoms with Crippen LogP contribution >= 0.6 is 0 Å². The summed E-state index contributed by atoms with van der Waals surface area (Å²) in [7, 11) is 0. The van der Waals surface area contributed by atoms with Crippen LogP contribution in [0.25, 0.3) is 5.76 Å². The molecule has 1 aromatic heterocycles. The molecule has 1 unspecified atom stereocenters. The second-order valence-electron chi connectivity index (χ2n) is 8.34. The molecule has 0 saturated carbocycles. The fourth-order valence-corrected chi connectivity index (χ4v) is 3.75. The van der Waals surface area contributed by atoms with E-state index in [-0.39, 0.29) is 22.8 Å². The summed E-state index contributed by atoms with van der Waals surface area (Å²) in [6.07, 6.45) is 0. The van der Waals surface area contributed by atoms with Gasteiger partial charge in [-0.3, -0.25) is 14.5 Å². The smallest absolute Gasteiger partial charge is 0.300 e. The SMILES string of the molecule is Cc1ccc(C2/C(=C(/O)c3ccc(OCC(C)C)cc3)C(=O)C(=O)N2c2ccccc2O)o1. The number of aliphatic hydroxyl groups excluding tert-OH is 1. The number of furan rings is 1. The maximum absolute atomic E-state index is 13.1. The van der Waals surface area contributed by atoms with Crippen molar-refractivity contribution in [1.82, 2.24) is 0 Å². The van der Waals surface area contributed by atoms with Crippen LogP contribution in [-0.4, -0.2) is 28.5 Å². The van der Waals surface area contributed by atoms with Gasteiger partial charge in [-0.15, -0.1) is 0 Å². The Hall–Kier alpha value is -4.00. The molecule has 7 nitrogen and oxygen atoms in total. The molecule has 2 aromatic carbocycles. The number of ketones is 1. The molecule has 3 aromatic rings. The third-order valence-electron chi connectivity index (χ3n) is 5.33. The lowest BCUT2D eigenvalue weighted by molar-refractivity contribution is -0.132. The van der Waals surface area contributed by atoms with Gasteiger partial charge in [-0.25, -0.2) is 0 Å². The zero-order valence-corrected chi connectivity index (χ0v) is 18.6. The lowest BCUT2D eigenvalue weighted by Gasteiger charge is -2.24. The number of ether oxygens (including phenoxy) is 1. The van der Waals surface area contributed by atoms with Crippen LogP contribution in [0.15, 0.2) is 70.7 Å². The van der Waals surface area contributed by atoms with Crippen molar-refractivity contribution >= 4 is 23.1 Å². The number of rotatable bonds is 6. The van der Waals surface area contributed by atoms with Crippen molar-refractivity contribution in [2.45, 2.75) is 26.8 Å². The van der Waals surface area contributed by atoms with Gasteiger partial charge in [0.15, 0.2) is 0 Å². The summed E-state index contributed by atoms with van der Waals surface area (Å²) in [5.74, 6) is -0.356. The van der Waals surface area contributed by atoms with Gasteiger partial charge in [0.1, 0.15) is 34.8 Å². The number of aliphatic hydroxyl groups is 1. The summed E-state index contributed by atoms with van der Waals surface area (Å²) in [5, 5.41) is 21.5. The monoisotopic (exact) mass is 447 g/mol. The maximum Gasteiger partial charge on any atom is 0.300 e. The zero-order valence-electron chi connectivity index (χ0n) is 18.6. The van der Waals surface area contributed by atoms with Crippen molar-refractivity contribution in [2.75, 3.05) is 11.5 Å². The number of para-hydroxylation sites is 2. The molecule has 1 aliphatic rings. The number of anilines is 1. The van der Waals surface area contributed by atoms with Gasteiger partial charge in [0.2, 0.25) is 0 Å². The Morgan fingerprint density at radius 3 is 2.36 bits per heavy atom. The molecule has 0 bridgehead atoms. The molecule has 170 valence electrons. The van der Waals surface area contributed by atoms with Crippen LogP contribution in [0, 0.1) is 12.8 Å². The molecule has 0 spiro atoms. The molecular formula is C26H25NO6. The molecule has 1 atom stereocenters. The lowest BCUT2D eigenvalue weighted by atomic mass is 9.99. The minimum absolute atomic E-state index is 0.117. The van der Waals surface area contributed by atoms with Crippen LogP contribution in [0.3, 0.4) is 0 Å². The molecule has 4 rings (SSSR count). The predicted molar refractivity (Wildman–Crippen MR) is 123 cm³/mol. The quantitative estimate of drug-likeness (QED) is 0.315. The summed E-state index contributed by atoms with van der Waals surface area (Å²) >= 11 is 0. The molecular weight excluding hydrogens is 422 g/mol. The van der Waals surface area contributed by atoms with E-state index in [1.165, 1.54) is 12.1 Å². The number of carbonyl (C=O) groups is 2. The third kappa shape index (κ3) is 4.22. The Kier molecular flexibility index (Phi) is 5.96. The van der Waals surface area contributed by atoms with E-state index in [1.807, 2.05) is 13.8 Å². The van der Waals surface area contributed by atoms with Gasteiger partial charge >= 0.3 is 0 Å². The minimum atomic E-state index is -1.04. The summed E-state index contributed by atoms with van der Waals surface area (Å²) in [6, 6.07) is 15.2. The van der Waals surface area contributed by atoms with Crippen LogP contribution in [0.1, 0.15) is 37.0 Å². The van der Waals surface area contributed by atoms with Gasteiger partial charge in [-0.1, -0.05) is 26.0 Å². The van der Waals surface area contributed by atoms with Crippen LogP contribution in [-0.2, 0) is 9.59 Å². The number of hydrogen-bond acceptors (Lipinski definition) is 6. The Morgan fingerprint density at radius 2 is 1.76 bits per heavy atom. The first-order chi connectivity index (χ1) is 15.8. The van der Waals surface area contributed by atoms with E-state index >= 15 is 0 Å². The minimum Gasteiger partial charge on any atom is -0.507 e. The number of hydrogen-bond donors (Lipinski definition) is 2. The molecule has 1 saturated heterocycles. The van der Waals surface area contributed by atoms with Crippen LogP contribution in [0.4, 0.5) is 5.69 Å². The third-order valence-corrected chi connectivity index (χ3v) is 5.33. The van der Waals surface area contributed by atoms with Gasteiger partial charge in [0.25, 0.3) is 11.7 Å². The fraction of sp³-hybridized carbons (Fsp3) is 0.231.